The molecule has 6 rings (SSSR count). The van der Waals surface area contributed by atoms with Gasteiger partial charge in [0.1, 0.15) is 23.6 Å². The van der Waals surface area contributed by atoms with E-state index in [4.69, 9.17) is 22.9 Å². The number of amides is 2. The molecule has 44 heavy (non-hydrogen) atoms. The highest BCUT2D eigenvalue weighted by atomic mass is 35.5. The van der Waals surface area contributed by atoms with Crippen LogP contribution >= 0.6 is 11.6 Å². The number of carbonyl (C=O) groups is 2. The summed E-state index contributed by atoms with van der Waals surface area (Å²) in [6, 6.07) is 5.98. The molecule has 0 atom stereocenters. The van der Waals surface area contributed by atoms with Gasteiger partial charge in [0.25, 0.3) is 11.6 Å². The third-order valence-electron chi connectivity index (χ3n) is 8.17. The van der Waals surface area contributed by atoms with E-state index in [2.05, 4.69) is 30.2 Å². The SMILES string of the molecule is [C-]#[N+]C1(N(C)C2CCN(C(=O)Cn3cc(NC(=O)c4cnn5cccnc45)c(-c4cc(Cl)ccc4OC(F)F)n3)CC2)CC1. The lowest BCUT2D eigenvalue weighted by atomic mass is 10.0. The van der Waals surface area contributed by atoms with E-state index in [-0.39, 0.29) is 51.8 Å². The Morgan fingerprint density at radius 1 is 1.30 bits per heavy atom. The monoisotopic (exact) mass is 623 g/mol. The zero-order chi connectivity index (χ0) is 31.0. The molecular formula is C29H28ClF2N9O3. The molecule has 0 unspecified atom stereocenters. The quantitative estimate of drug-likeness (QED) is 0.274. The van der Waals surface area contributed by atoms with Gasteiger partial charge in [0.05, 0.1) is 24.7 Å². The molecule has 1 aliphatic carbocycles. The molecule has 2 aliphatic rings. The molecule has 1 saturated carbocycles. The Labute approximate surface area is 256 Å². The number of aromatic nitrogens is 5. The van der Waals surface area contributed by atoms with E-state index in [1.807, 2.05) is 7.05 Å². The van der Waals surface area contributed by atoms with Crippen LogP contribution in [0.3, 0.4) is 0 Å². The summed E-state index contributed by atoms with van der Waals surface area (Å²) in [4.78, 5) is 38.6. The fourth-order valence-corrected chi connectivity index (χ4v) is 5.76. The molecule has 0 radical (unpaired) electrons. The van der Waals surface area contributed by atoms with Crippen LogP contribution in [0.1, 0.15) is 36.0 Å². The average molecular weight is 624 g/mol. The molecule has 15 heteroatoms. The van der Waals surface area contributed by atoms with E-state index in [0.717, 1.165) is 25.7 Å². The zero-order valence-corrected chi connectivity index (χ0v) is 24.4. The van der Waals surface area contributed by atoms with Gasteiger partial charge in [-0.1, -0.05) is 11.6 Å². The van der Waals surface area contributed by atoms with Gasteiger partial charge in [-0.15, -0.1) is 0 Å². The number of benzene rings is 1. The van der Waals surface area contributed by atoms with Crippen molar-refractivity contribution in [2.75, 3.05) is 25.5 Å². The second-order valence-corrected chi connectivity index (χ2v) is 11.3. The van der Waals surface area contributed by atoms with Gasteiger partial charge in [-0.2, -0.15) is 19.0 Å². The van der Waals surface area contributed by atoms with Crippen LogP contribution in [0.2, 0.25) is 5.02 Å². The van der Waals surface area contributed by atoms with E-state index in [1.165, 1.54) is 46.0 Å². The van der Waals surface area contributed by atoms with Gasteiger partial charge in [-0.05, 0) is 44.2 Å². The number of ether oxygens (including phenoxy) is 1. The Kier molecular flexibility index (Phi) is 7.91. The average Bonchev–Trinajstić information content (AvgIpc) is 3.55. The van der Waals surface area contributed by atoms with Crippen molar-refractivity contribution in [1.29, 1.82) is 0 Å². The summed E-state index contributed by atoms with van der Waals surface area (Å²) in [5.74, 6) is -0.956. The molecule has 1 aliphatic heterocycles. The molecule has 3 aromatic heterocycles. The van der Waals surface area contributed by atoms with Crippen molar-refractivity contribution >= 4 is 34.7 Å². The van der Waals surface area contributed by atoms with Gasteiger partial charge in [0.15, 0.2) is 5.65 Å². The number of nitrogens with one attached hydrogen (secondary N) is 1. The molecule has 0 spiro atoms. The normalized spacial score (nSPS) is 16.3. The van der Waals surface area contributed by atoms with Crippen molar-refractivity contribution in [3.05, 3.63) is 71.1 Å². The van der Waals surface area contributed by atoms with Crippen LogP contribution in [0.25, 0.3) is 21.7 Å². The lowest BCUT2D eigenvalue weighted by molar-refractivity contribution is -0.133. The Hall–Kier alpha value is -4.61. The third-order valence-corrected chi connectivity index (χ3v) is 8.41. The number of carbonyl (C=O) groups excluding carboxylic acids is 2. The summed E-state index contributed by atoms with van der Waals surface area (Å²) >= 11 is 6.21. The molecule has 2 amide bonds. The first-order chi connectivity index (χ1) is 21.2. The van der Waals surface area contributed by atoms with Crippen LogP contribution in [0.4, 0.5) is 14.5 Å². The van der Waals surface area contributed by atoms with Crippen LogP contribution in [-0.2, 0) is 11.3 Å². The highest BCUT2D eigenvalue weighted by molar-refractivity contribution is 6.31. The first-order valence-electron chi connectivity index (χ1n) is 14.0. The fourth-order valence-electron chi connectivity index (χ4n) is 5.59. The second-order valence-electron chi connectivity index (χ2n) is 10.8. The molecule has 0 bridgehead atoms. The molecule has 1 saturated heterocycles. The molecule has 1 aromatic carbocycles. The zero-order valence-electron chi connectivity index (χ0n) is 23.7. The van der Waals surface area contributed by atoms with Gasteiger partial charge >= 0.3 is 6.61 Å². The topological polar surface area (TPSA) is 114 Å². The van der Waals surface area contributed by atoms with Crippen molar-refractivity contribution in [2.24, 2.45) is 0 Å². The van der Waals surface area contributed by atoms with Crippen LogP contribution < -0.4 is 10.1 Å². The van der Waals surface area contributed by atoms with Crippen molar-refractivity contribution in [2.45, 2.75) is 50.5 Å². The van der Waals surface area contributed by atoms with E-state index in [1.54, 1.807) is 17.2 Å². The predicted octanol–water partition coefficient (Wildman–Crippen LogP) is 4.43. The molecule has 2 fully saturated rings. The molecule has 1 N–H and O–H groups in total. The molecule has 4 heterocycles. The van der Waals surface area contributed by atoms with Crippen molar-refractivity contribution in [1.82, 2.24) is 34.2 Å². The Morgan fingerprint density at radius 2 is 2.07 bits per heavy atom. The number of anilines is 1. The van der Waals surface area contributed by atoms with Gasteiger partial charge in [0.2, 0.25) is 5.91 Å². The van der Waals surface area contributed by atoms with Gasteiger partial charge in [0, 0.05) is 48.3 Å². The van der Waals surface area contributed by atoms with E-state index in [0.29, 0.717) is 18.7 Å². The lowest BCUT2D eigenvalue weighted by Gasteiger charge is -2.37. The van der Waals surface area contributed by atoms with Crippen LogP contribution in [-0.4, -0.2) is 84.4 Å². The van der Waals surface area contributed by atoms with Crippen LogP contribution in [0, 0.1) is 6.57 Å². The van der Waals surface area contributed by atoms with E-state index >= 15 is 0 Å². The van der Waals surface area contributed by atoms with E-state index in [9.17, 15) is 18.4 Å². The van der Waals surface area contributed by atoms with Gasteiger partial charge in [-0.3, -0.25) is 19.1 Å². The summed E-state index contributed by atoms with van der Waals surface area (Å²) in [7, 11) is 1.99. The number of hydrogen-bond donors (Lipinski definition) is 1. The minimum absolute atomic E-state index is 0.0861. The number of piperidine rings is 1. The fraction of sp³-hybridized carbons (Fsp3) is 0.379. The smallest absolute Gasteiger partial charge is 0.387 e. The summed E-state index contributed by atoms with van der Waals surface area (Å²) in [6.45, 7) is 5.32. The van der Waals surface area contributed by atoms with Crippen molar-refractivity contribution < 1.29 is 23.1 Å². The molecule has 12 nitrogen and oxygen atoms in total. The number of rotatable bonds is 9. The van der Waals surface area contributed by atoms with E-state index < -0.39 is 18.2 Å². The largest absolute Gasteiger partial charge is 0.434 e. The lowest BCUT2D eigenvalue weighted by Crippen LogP contribution is -2.49. The summed E-state index contributed by atoms with van der Waals surface area (Å²) in [5, 5.41) is 11.6. The summed E-state index contributed by atoms with van der Waals surface area (Å²) < 4.78 is 34.1. The van der Waals surface area contributed by atoms with Gasteiger partial charge < -0.3 is 15.0 Å². The minimum Gasteiger partial charge on any atom is -0.434 e. The van der Waals surface area contributed by atoms with Crippen molar-refractivity contribution in [3.63, 3.8) is 0 Å². The van der Waals surface area contributed by atoms with Crippen molar-refractivity contribution in [3.8, 4) is 17.0 Å². The third kappa shape index (κ3) is 5.80. The number of nitrogens with zero attached hydrogens (tertiary/aromatic N) is 8. The molecule has 228 valence electrons. The predicted molar refractivity (Wildman–Crippen MR) is 156 cm³/mol. The first kappa shape index (κ1) is 29.5. The maximum atomic E-state index is 13.3. The number of likely N-dealkylation sites (tertiary alicyclic amines) is 1. The number of halogens is 3. The summed E-state index contributed by atoms with van der Waals surface area (Å²) in [5.41, 5.74) is 0.438. The minimum atomic E-state index is -3.12. The van der Waals surface area contributed by atoms with Gasteiger partial charge in [-0.25, -0.2) is 21.0 Å². The van der Waals surface area contributed by atoms with Crippen LogP contribution in [0.15, 0.2) is 49.1 Å². The van der Waals surface area contributed by atoms with Crippen LogP contribution in [0.5, 0.6) is 5.75 Å². The maximum absolute atomic E-state index is 13.3. The Balaban J connectivity index is 1.25. The Morgan fingerprint density at radius 3 is 2.77 bits per heavy atom. The molecule has 4 aromatic rings. The second kappa shape index (κ2) is 11.8. The summed E-state index contributed by atoms with van der Waals surface area (Å²) in [6.07, 6.45) is 9.23. The highest BCUT2D eigenvalue weighted by Gasteiger charge is 2.56. The Bertz CT molecular complexity index is 1760. The standard InChI is InChI=1S/C29H28ClF2N9O3/c1-33-29(8-9-29)38(2)19-6-12-39(13-7-19)24(42)17-40-16-22(36-27(43)21-15-35-41-11-3-10-34-26(21)41)25(37-40)20-14-18(30)4-5-23(20)44-28(31)32/h3-5,10-11,14-16,19,28H,6-9,12-13,17H2,2H3,(H,36,43). The number of hydrogen-bond acceptors (Lipinski definition) is 7. The number of fused-ring (bicyclic) bond motifs is 1. The number of alkyl halides is 2. The first-order valence-corrected chi connectivity index (χ1v) is 14.4. The maximum Gasteiger partial charge on any atom is 0.387 e. The highest BCUT2D eigenvalue weighted by Crippen LogP contribution is 2.44. The molecular weight excluding hydrogens is 596 g/mol.